The van der Waals surface area contributed by atoms with Gasteiger partial charge in [0.1, 0.15) is 7.85 Å². The highest BCUT2D eigenvalue weighted by Gasteiger charge is 2.27. The first kappa shape index (κ1) is 31.0. The van der Waals surface area contributed by atoms with E-state index in [9.17, 15) is 0 Å². The zero-order valence-corrected chi connectivity index (χ0v) is 26.4. The molecule has 4 rings (SSSR count). The Hall–Kier alpha value is -3.91. The van der Waals surface area contributed by atoms with Crippen molar-refractivity contribution < 1.29 is 0 Å². The van der Waals surface area contributed by atoms with Crippen LogP contribution in [0.1, 0.15) is 56.9 Å². The number of aromatic nitrogens is 2. The molecule has 0 aliphatic carbocycles. The van der Waals surface area contributed by atoms with Crippen molar-refractivity contribution in [1.29, 1.82) is 0 Å². The smallest absolute Gasteiger partial charge is 0.184 e. The number of rotatable bonds is 6. The molecule has 1 aliphatic heterocycles. The molecule has 4 heteroatoms. The fourth-order valence-corrected chi connectivity index (χ4v) is 6.76. The van der Waals surface area contributed by atoms with Crippen molar-refractivity contribution in [2.45, 2.75) is 67.5 Å². The van der Waals surface area contributed by atoms with E-state index in [4.69, 9.17) is 7.85 Å². The van der Waals surface area contributed by atoms with Crippen LogP contribution in [0.3, 0.4) is 0 Å². The first-order chi connectivity index (χ1) is 20.0. The summed E-state index contributed by atoms with van der Waals surface area (Å²) >= 11 is 0. The van der Waals surface area contributed by atoms with Crippen LogP contribution in [-0.4, -0.2) is 24.5 Å². The topological polar surface area (TPSA) is 25.8 Å². The molecule has 0 bridgehead atoms. The SMILES string of the molecule is [B]/C1=C(C)/C=C(/C)CB(C/C(C)=C(\C(C)=C/C(=C)C)c2cccnc2)c2c(cc(C)c(-c3cccnc3)c2C)CC1=C. The summed E-state index contributed by atoms with van der Waals surface area (Å²) < 4.78 is 0. The van der Waals surface area contributed by atoms with E-state index in [-0.39, 0.29) is 6.71 Å². The molecule has 0 spiro atoms. The average molecular weight is 548 g/mol. The Morgan fingerprint density at radius 2 is 1.71 bits per heavy atom. The molecule has 1 aliphatic rings. The van der Waals surface area contributed by atoms with E-state index in [2.05, 4.69) is 95.0 Å². The maximum absolute atomic E-state index is 6.62. The lowest BCUT2D eigenvalue weighted by Gasteiger charge is -2.27. The van der Waals surface area contributed by atoms with Crippen molar-refractivity contribution in [2.24, 2.45) is 0 Å². The normalized spacial score (nSPS) is 18.2. The van der Waals surface area contributed by atoms with Crippen LogP contribution in [0, 0.1) is 13.8 Å². The van der Waals surface area contributed by atoms with E-state index in [0.29, 0.717) is 0 Å². The maximum atomic E-state index is 6.62. The molecule has 0 amide bonds. The van der Waals surface area contributed by atoms with E-state index < -0.39 is 0 Å². The van der Waals surface area contributed by atoms with Crippen LogP contribution in [0.2, 0.25) is 12.6 Å². The molecule has 3 aromatic rings. The van der Waals surface area contributed by atoms with E-state index in [1.54, 1.807) is 0 Å². The first-order valence-corrected chi connectivity index (χ1v) is 14.8. The fourth-order valence-electron chi connectivity index (χ4n) is 6.76. The van der Waals surface area contributed by atoms with Gasteiger partial charge in [0.15, 0.2) is 6.71 Å². The van der Waals surface area contributed by atoms with E-state index in [1.165, 1.54) is 50.0 Å². The Morgan fingerprint density at radius 1 is 1.02 bits per heavy atom. The third-order valence-corrected chi connectivity index (χ3v) is 8.30. The summed E-state index contributed by atoms with van der Waals surface area (Å²) in [5, 5.41) is 0. The molecule has 0 unspecified atom stereocenters. The van der Waals surface area contributed by atoms with Gasteiger partial charge in [-0.1, -0.05) is 82.3 Å². The highest BCUT2D eigenvalue weighted by molar-refractivity contribution is 6.75. The largest absolute Gasteiger partial charge is 0.264 e. The van der Waals surface area contributed by atoms with E-state index in [1.807, 2.05) is 43.8 Å². The second-order valence-electron chi connectivity index (χ2n) is 12.1. The van der Waals surface area contributed by atoms with Crippen LogP contribution in [0.25, 0.3) is 16.7 Å². The number of hydrogen-bond acceptors (Lipinski definition) is 2. The fraction of sp³-hybridized carbons (Fsp3) is 0.263. The van der Waals surface area contributed by atoms with Gasteiger partial charge in [-0.15, -0.1) is 0 Å². The third-order valence-electron chi connectivity index (χ3n) is 8.30. The zero-order chi connectivity index (χ0) is 30.6. The molecular formula is C38H42B2N2. The standard InChI is InChI=1S/C38H42B2N2/c1-24(2)16-26(4)35(32-12-10-14-41-22-32)30(8)21-40-20-25(3)17-28(6)37(39)29(7)19-34-18-27(5)36(31(9)38(34)40)33-13-11-15-42-23-33/h10-18,22-23H,1,7,19-21H2,2-6,8-9H3/b25-17-,26-16-,35-30+,37-28+. The van der Waals surface area contributed by atoms with Crippen LogP contribution >= 0.6 is 0 Å². The summed E-state index contributed by atoms with van der Waals surface area (Å²) in [6.45, 7) is 24.2. The van der Waals surface area contributed by atoms with Gasteiger partial charge in [-0.25, -0.2) is 0 Å². The minimum atomic E-state index is 0.261. The molecule has 0 saturated heterocycles. The van der Waals surface area contributed by atoms with E-state index in [0.717, 1.165) is 52.4 Å². The molecule has 2 nitrogen and oxygen atoms in total. The molecule has 0 N–H and O–H groups in total. The van der Waals surface area contributed by atoms with Gasteiger partial charge in [0.25, 0.3) is 0 Å². The van der Waals surface area contributed by atoms with Gasteiger partial charge in [0.2, 0.25) is 0 Å². The van der Waals surface area contributed by atoms with Gasteiger partial charge in [-0.2, -0.15) is 0 Å². The summed E-state index contributed by atoms with van der Waals surface area (Å²) in [5.74, 6) is 0. The molecule has 0 atom stereocenters. The Labute approximate surface area is 255 Å². The summed E-state index contributed by atoms with van der Waals surface area (Å²) in [7, 11) is 6.62. The monoisotopic (exact) mass is 548 g/mol. The first-order valence-electron chi connectivity index (χ1n) is 14.8. The molecule has 2 radical (unpaired) electrons. The lowest BCUT2D eigenvalue weighted by Crippen LogP contribution is -2.37. The van der Waals surface area contributed by atoms with Crippen LogP contribution in [-0.2, 0) is 6.42 Å². The average Bonchev–Trinajstić information content (AvgIpc) is 2.92. The Balaban J connectivity index is 2.00. The highest BCUT2D eigenvalue weighted by atomic mass is 14.6. The van der Waals surface area contributed by atoms with Gasteiger partial charge >= 0.3 is 0 Å². The quantitative estimate of drug-likeness (QED) is 0.227. The minimum Gasteiger partial charge on any atom is -0.264 e. The van der Waals surface area contributed by atoms with Crippen molar-refractivity contribution in [3.63, 3.8) is 0 Å². The number of aryl methyl sites for hydroxylation is 1. The number of pyridine rings is 2. The summed E-state index contributed by atoms with van der Waals surface area (Å²) in [6, 6.07) is 10.7. The molecule has 3 heterocycles. The second-order valence-corrected chi connectivity index (χ2v) is 12.1. The number of benzene rings is 1. The lowest BCUT2D eigenvalue weighted by atomic mass is 9.36. The predicted molar refractivity (Wildman–Crippen MR) is 185 cm³/mol. The van der Waals surface area contributed by atoms with Crippen molar-refractivity contribution in [3.8, 4) is 11.1 Å². The van der Waals surface area contributed by atoms with Crippen molar-refractivity contribution in [3.05, 3.63) is 142 Å². The number of nitrogens with zero attached hydrogens (tertiary/aromatic N) is 2. The van der Waals surface area contributed by atoms with Crippen molar-refractivity contribution in [1.82, 2.24) is 9.97 Å². The third kappa shape index (κ3) is 6.93. The molecule has 2 aromatic heterocycles. The lowest BCUT2D eigenvalue weighted by molar-refractivity contribution is 1.16. The number of allylic oxidation sites excluding steroid dienone is 10. The molecule has 1 aromatic carbocycles. The number of hydrogen-bond donors (Lipinski definition) is 0. The Bertz CT molecular complexity index is 1640. The summed E-state index contributed by atoms with van der Waals surface area (Å²) in [5.41, 5.74) is 17.8. The maximum Gasteiger partial charge on any atom is 0.184 e. The minimum absolute atomic E-state index is 0.261. The number of fused-ring (bicyclic) bond motifs is 1. The molecule has 0 fully saturated rings. The van der Waals surface area contributed by atoms with Crippen LogP contribution < -0.4 is 5.46 Å². The molecule has 42 heavy (non-hydrogen) atoms. The van der Waals surface area contributed by atoms with E-state index >= 15 is 0 Å². The van der Waals surface area contributed by atoms with Crippen molar-refractivity contribution >= 4 is 25.6 Å². The molecular weight excluding hydrogens is 506 g/mol. The second kappa shape index (κ2) is 13.4. The Morgan fingerprint density at radius 3 is 2.33 bits per heavy atom. The van der Waals surface area contributed by atoms with Gasteiger partial charge in [-0.05, 0) is 113 Å². The highest BCUT2D eigenvalue weighted by Crippen LogP contribution is 2.34. The van der Waals surface area contributed by atoms with Gasteiger partial charge in [0.05, 0.1) is 0 Å². The van der Waals surface area contributed by atoms with Gasteiger partial charge < -0.3 is 0 Å². The summed E-state index contributed by atoms with van der Waals surface area (Å²) in [6.07, 6.45) is 14.6. The van der Waals surface area contributed by atoms with Crippen LogP contribution in [0.15, 0.2) is 119 Å². The van der Waals surface area contributed by atoms with Gasteiger partial charge in [0, 0.05) is 35.9 Å². The van der Waals surface area contributed by atoms with Crippen LogP contribution in [0.4, 0.5) is 0 Å². The zero-order valence-electron chi connectivity index (χ0n) is 26.4. The van der Waals surface area contributed by atoms with Crippen molar-refractivity contribution in [2.75, 3.05) is 0 Å². The molecule has 0 saturated carbocycles. The molecule has 210 valence electrons. The Kier molecular flexibility index (Phi) is 9.89. The van der Waals surface area contributed by atoms with Gasteiger partial charge in [-0.3, -0.25) is 9.97 Å². The summed E-state index contributed by atoms with van der Waals surface area (Å²) in [4.78, 5) is 8.92. The van der Waals surface area contributed by atoms with Crippen LogP contribution in [0.5, 0.6) is 0 Å². The predicted octanol–water partition coefficient (Wildman–Crippen LogP) is 8.96.